The molecule has 0 aromatic carbocycles. The Hall–Kier alpha value is -1.50. The molecule has 0 aliphatic heterocycles. The molecule has 1 heterocycles. The smallest absolute Gasteiger partial charge is 0.396 e. The Labute approximate surface area is 109 Å². The molecule has 0 radical (unpaired) electrons. The predicted molar refractivity (Wildman–Crippen MR) is 67.6 cm³/mol. The summed E-state index contributed by atoms with van der Waals surface area (Å²) in [5.74, 6) is 0.131. The van der Waals surface area contributed by atoms with Crippen LogP contribution in [0.15, 0.2) is 12.1 Å². The van der Waals surface area contributed by atoms with Crippen LogP contribution in [0.4, 0.5) is 24.8 Å². The van der Waals surface area contributed by atoms with Crippen LogP contribution in [-0.4, -0.2) is 23.2 Å². The zero-order chi connectivity index (χ0) is 14.5. The Balaban J connectivity index is 2.57. The van der Waals surface area contributed by atoms with Crippen molar-refractivity contribution in [2.45, 2.75) is 25.9 Å². The lowest BCUT2D eigenvalue weighted by Crippen LogP contribution is -2.11. The summed E-state index contributed by atoms with van der Waals surface area (Å²) < 4.78 is 37.6. The number of pyridine rings is 1. The van der Waals surface area contributed by atoms with E-state index in [0.29, 0.717) is 6.54 Å². The van der Waals surface area contributed by atoms with Gasteiger partial charge >= 0.3 is 6.18 Å². The van der Waals surface area contributed by atoms with Crippen LogP contribution in [0.25, 0.3) is 0 Å². The monoisotopic (exact) mass is 277 g/mol. The quantitative estimate of drug-likeness (QED) is 0.699. The normalized spacial score (nSPS) is 13.3. The van der Waals surface area contributed by atoms with Crippen molar-refractivity contribution >= 4 is 11.6 Å². The van der Waals surface area contributed by atoms with E-state index in [1.54, 1.807) is 0 Å². The average Bonchev–Trinajstić information content (AvgIpc) is 2.32. The van der Waals surface area contributed by atoms with Gasteiger partial charge in [0.05, 0.1) is 5.56 Å². The molecule has 1 aromatic rings. The lowest BCUT2D eigenvalue weighted by Gasteiger charge is -2.12. The molecule has 0 aliphatic carbocycles. The van der Waals surface area contributed by atoms with Crippen LogP contribution in [0.5, 0.6) is 0 Å². The summed E-state index contributed by atoms with van der Waals surface area (Å²) in [6.45, 7) is 2.49. The van der Waals surface area contributed by atoms with Gasteiger partial charge in [0.2, 0.25) is 0 Å². The van der Waals surface area contributed by atoms with Crippen molar-refractivity contribution in [3.63, 3.8) is 0 Å². The number of aromatic nitrogens is 1. The molecule has 108 valence electrons. The number of nitrogen functional groups attached to an aromatic ring is 1. The molecule has 0 bridgehead atoms. The molecule has 0 saturated heterocycles. The predicted octanol–water partition coefficient (Wildman–Crippen LogP) is 2.50. The molecule has 4 N–H and O–H groups in total. The highest BCUT2D eigenvalue weighted by molar-refractivity contribution is 5.47. The second-order valence-corrected chi connectivity index (χ2v) is 4.52. The number of nitrogens with one attached hydrogen (secondary N) is 1. The highest BCUT2D eigenvalue weighted by atomic mass is 19.4. The third-order valence-corrected chi connectivity index (χ3v) is 2.66. The minimum absolute atomic E-state index is 0.106. The van der Waals surface area contributed by atoms with Crippen molar-refractivity contribution in [3.05, 3.63) is 17.7 Å². The van der Waals surface area contributed by atoms with Gasteiger partial charge in [0.15, 0.2) is 0 Å². The third-order valence-electron chi connectivity index (χ3n) is 2.66. The van der Waals surface area contributed by atoms with E-state index in [9.17, 15) is 13.2 Å². The van der Waals surface area contributed by atoms with Crippen LogP contribution in [0.3, 0.4) is 0 Å². The molecule has 7 heteroatoms. The maximum atomic E-state index is 12.5. The van der Waals surface area contributed by atoms with Gasteiger partial charge < -0.3 is 16.2 Å². The minimum atomic E-state index is -4.43. The summed E-state index contributed by atoms with van der Waals surface area (Å²) in [6, 6.07) is 1.74. The van der Waals surface area contributed by atoms with Crippen LogP contribution in [0.2, 0.25) is 0 Å². The molecule has 0 spiro atoms. The first kappa shape index (κ1) is 15.6. The molecule has 1 rings (SSSR count). The van der Waals surface area contributed by atoms with E-state index in [1.807, 2.05) is 6.92 Å². The number of hydrogen-bond donors (Lipinski definition) is 3. The lowest BCUT2D eigenvalue weighted by molar-refractivity contribution is -0.137. The van der Waals surface area contributed by atoms with E-state index < -0.39 is 11.7 Å². The van der Waals surface area contributed by atoms with Crippen molar-refractivity contribution in [2.75, 3.05) is 24.2 Å². The molecular weight excluding hydrogens is 259 g/mol. The highest BCUT2D eigenvalue weighted by Crippen LogP contribution is 2.31. The van der Waals surface area contributed by atoms with Gasteiger partial charge in [-0.05, 0) is 30.9 Å². The maximum absolute atomic E-state index is 12.5. The fourth-order valence-corrected chi connectivity index (χ4v) is 1.56. The zero-order valence-electron chi connectivity index (χ0n) is 10.7. The Bertz CT molecular complexity index is 410. The summed E-state index contributed by atoms with van der Waals surface area (Å²) in [7, 11) is 0. The molecule has 0 saturated carbocycles. The molecule has 1 aromatic heterocycles. The Kier molecular flexibility index (Phi) is 5.41. The van der Waals surface area contributed by atoms with Crippen LogP contribution in [0.1, 0.15) is 25.3 Å². The second kappa shape index (κ2) is 6.60. The molecule has 4 nitrogen and oxygen atoms in total. The van der Waals surface area contributed by atoms with E-state index in [-0.39, 0.29) is 24.2 Å². The maximum Gasteiger partial charge on any atom is 0.416 e. The Morgan fingerprint density at radius 3 is 2.68 bits per heavy atom. The number of rotatable bonds is 6. The summed E-state index contributed by atoms with van der Waals surface area (Å²) in [4.78, 5) is 3.80. The van der Waals surface area contributed by atoms with Gasteiger partial charge in [-0.15, -0.1) is 0 Å². The zero-order valence-corrected chi connectivity index (χ0v) is 10.7. The van der Waals surface area contributed by atoms with Crippen LogP contribution >= 0.6 is 0 Å². The largest absolute Gasteiger partial charge is 0.416 e. The van der Waals surface area contributed by atoms with Crippen LogP contribution in [0, 0.1) is 5.92 Å². The van der Waals surface area contributed by atoms with Crippen LogP contribution < -0.4 is 11.1 Å². The SMILES string of the molecule is CC(CO)CCCNc1cc(C(F)(F)F)cc(N)n1. The number of aliphatic hydroxyl groups is 1. The van der Waals surface area contributed by atoms with E-state index in [0.717, 1.165) is 25.0 Å². The van der Waals surface area contributed by atoms with E-state index >= 15 is 0 Å². The molecule has 0 aliphatic rings. The number of nitrogens with zero attached hydrogens (tertiary/aromatic N) is 1. The van der Waals surface area contributed by atoms with Crippen molar-refractivity contribution in [1.29, 1.82) is 0 Å². The van der Waals surface area contributed by atoms with Gasteiger partial charge in [0, 0.05) is 13.2 Å². The summed E-state index contributed by atoms with van der Waals surface area (Å²) in [5, 5.41) is 11.6. The van der Waals surface area contributed by atoms with Crippen molar-refractivity contribution in [3.8, 4) is 0 Å². The standard InChI is InChI=1S/C12H18F3N3O/c1-8(7-19)3-2-4-17-11-6-9(12(13,14)15)5-10(16)18-11/h5-6,8,19H,2-4,7H2,1H3,(H3,16,17,18). The first-order valence-electron chi connectivity index (χ1n) is 6.02. The second-order valence-electron chi connectivity index (χ2n) is 4.52. The van der Waals surface area contributed by atoms with Gasteiger partial charge in [-0.2, -0.15) is 13.2 Å². The molecule has 1 atom stereocenters. The summed E-state index contributed by atoms with van der Waals surface area (Å²) in [6.07, 6.45) is -2.91. The first-order valence-corrected chi connectivity index (χ1v) is 6.02. The van der Waals surface area contributed by atoms with Crippen molar-refractivity contribution in [1.82, 2.24) is 4.98 Å². The van der Waals surface area contributed by atoms with Gasteiger partial charge in [0.25, 0.3) is 0 Å². The molecular formula is C12H18F3N3O. The fourth-order valence-electron chi connectivity index (χ4n) is 1.56. The molecule has 1 unspecified atom stereocenters. The van der Waals surface area contributed by atoms with Crippen LogP contribution in [-0.2, 0) is 6.18 Å². The lowest BCUT2D eigenvalue weighted by atomic mass is 10.1. The van der Waals surface area contributed by atoms with Crippen molar-refractivity contribution in [2.24, 2.45) is 5.92 Å². The van der Waals surface area contributed by atoms with Gasteiger partial charge in [-0.1, -0.05) is 6.92 Å². The van der Waals surface area contributed by atoms with Crippen molar-refractivity contribution < 1.29 is 18.3 Å². The van der Waals surface area contributed by atoms with Gasteiger partial charge in [0.1, 0.15) is 11.6 Å². The molecule has 19 heavy (non-hydrogen) atoms. The number of nitrogens with two attached hydrogens (primary N) is 1. The Morgan fingerprint density at radius 1 is 1.42 bits per heavy atom. The number of anilines is 2. The first-order chi connectivity index (χ1) is 8.82. The third kappa shape index (κ3) is 5.34. The summed E-state index contributed by atoms with van der Waals surface area (Å²) >= 11 is 0. The number of halogens is 3. The average molecular weight is 277 g/mol. The summed E-state index contributed by atoms with van der Waals surface area (Å²) in [5.41, 5.74) is 4.53. The van der Waals surface area contributed by atoms with E-state index in [1.165, 1.54) is 0 Å². The fraction of sp³-hybridized carbons (Fsp3) is 0.583. The number of aliphatic hydroxyl groups excluding tert-OH is 1. The van der Waals surface area contributed by atoms with E-state index in [4.69, 9.17) is 10.8 Å². The van der Waals surface area contributed by atoms with E-state index in [2.05, 4.69) is 10.3 Å². The number of alkyl halides is 3. The van der Waals surface area contributed by atoms with Gasteiger partial charge in [-0.3, -0.25) is 0 Å². The Morgan fingerprint density at radius 2 is 2.11 bits per heavy atom. The number of hydrogen-bond acceptors (Lipinski definition) is 4. The molecule has 0 amide bonds. The topological polar surface area (TPSA) is 71.2 Å². The van der Waals surface area contributed by atoms with Gasteiger partial charge in [-0.25, -0.2) is 4.98 Å². The molecule has 0 fully saturated rings. The highest BCUT2D eigenvalue weighted by Gasteiger charge is 2.31. The minimum Gasteiger partial charge on any atom is -0.396 e.